The van der Waals surface area contributed by atoms with Crippen LogP contribution in [0.5, 0.6) is 0 Å². The van der Waals surface area contributed by atoms with Crippen LogP contribution in [0.25, 0.3) is 0 Å². The Hall–Kier alpha value is -3.07. The zero-order chi connectivity index (χ0) is 16.6. The number of rotatable bonds is 1. The van der Waals surface area contributed by atoms with Crippen molar-refractivity contribution < 1.29 is 4.79 Å². The van der Waals surface area contributed by atoms with E-state index < -0.39 is 5.54 Å². The number of fused-ring (bicyclic) bond motifs is 1. The number of para-hydroxylation sites is 2. The molecule has 2 aliphatic heterocycles. The van der Waals surface area contributed by atoms with E-state index in [9.17, 15) is 10.1 Å². The van der Waals surface area contributed by atoms with Gasteiger partial charge in [-0.3, -0.25) is 4.79 Å². The van der Waals surface area contributed by atoms with E-state index in [4.69, 9.17) is 0 Å². The second-order valence-corrected chi connectivity index (χ2v) is 6.18. The molecule has 0 saturated carbocycles. The van der Waals surface area contributed by atoms with Crippen LogP contribution >= 0.6 is 0 Å². The molecule has 0 unspecified atom stereocenters. The Kier molecular flexibility index (Phi) is 3.35. The van der Waals surface area contributed by atoms with E-state index in [1.165, 1.54) is 0 Å². The molecule has 1 amide bonds. The highest BCUT2D eigenvalue weighted by molar-refractivity contribution is 6.06. The monoisotopic (exact) mass is 319 g/mol. The molecule has 1 aromatic heterocycles. The maximum Gasteiger partial charge on any atom is 0.250 e. The Bertz CT molecular complexity index is 833. The standard InChI is InChI=1S/C18H17N5O/c19-12-13-4-3-9-20-16(13)23-10-7-18(8-11-23)17(24)21-14-5-1-2-6-15(14)22-18/h1-6,9,22H,7-8,10-11H2,(H,21,24). The van der Waals surface area contributed by atoms with Crippen LogP contribution in [0.1, 0.15) is 18.4 Å². The Morgan fingerprint density at radius 3 is 2.62 bits per heavy atom. The van der Waals surface area contributed by atoms with Crippen LogP contribution in [0, 0.1) is 11.3 Å². The van der Waals surface area contributed by atoms with Crippen LogP contribution in [0.2, 0.25) is 0 Å². The largest absolute Gasteiger partial charge is 0.369 e. The smallest absolute Gasteiger partial charge is 0.250 e. The van der Waals surface area contributed by atoms with Gasteiger partial charge in [0.05, 0.1) is 16.9 Å². The maximum absolute atomic E-state index is 12.6. The summed E-state index contributed by atoms with van der Waals surface area (Å²) in [4.78, 5) is 19.1. The highest BCUT2D eigenvalue weighted by Gasteiger charge is 2.44. The normalized spacial score (nSPS) is 18.3. The summed E-state index contributed by atoms with van der Waals surface area (Å²) >= 11 is 0. The molecule has 6 heteroatoms. The molecular formula is C18H17N5O. The quantitative estimate of drug-likeness (QED) is 0.843. The number of carbonyl (C=O) groups excluding carboxylic acids is 1. The number of benzene rings is 1. The number of hydrogen-bond acceptors (Lipinski definition) is 5. The van der Waals surface area contributed by atoms with Gasteiger partial charge in [-0.15, -0.1) is 0 Å². The number of amides is 1. The molecule has 1 saturated heterocycles. The number of piperidine rings is 1. The number of nitrogens with zero attached hydrogens (tertiary/aromatic N) is 3. The van der Waals surface area contributed by atoms with Gasteiger partial charge in [0.2, 0.25) is 5.91 Å². The average Bonchev–Trinajstić information content (AvgIpc) is 2.63. The molecule has 6 nitrogen and oxygen atoms in total. The molecule has 0 bridgehead atoms. The van der Waals surface area contributed by atoms with Crippen molar-refractivity contribution in [3.8, 4) is 6.07 Å². The van der Waals surface area contributed by atoms with Gasteiger partial charge in [-0.05, 0) is 37.1 Å². The van der Waals surface area contributed by atoms with E-state index >= 15 is 0 Å². The molecule has 3 heterocycles. The Balaban J connectivity index is 1.56. The van der Waals surface area contributed by atoms with Crippen LogP contribution in [0.4, 0.5) is 17.2 Å². The number of anilines is 3. The van der Waals surface area contributed by atoms with E-state index in [1.54, 1.807) is 18.3 Å². The fourth-order valence-corrected chi connectivity index (χ4v) is 3.45. The topological polar surface area (TPSA) is 81.1 Å². The lowest BCUT2D eigenvalue weighted by Crippen LogP contribution is -2.58. The van der Waals surface area contributed by atoms with Crippen LogP contribution in [0.3, 0.4) is 0 Å². The highest BCUT2D eigenvalue weighted by atomic mass is 16.2. The SMILES string of the molecule is N#Cc1cccnc1N1CCC2(CC1)Nc1ccccc1NC2=O. The number of aromatic nitrogens is 1. The molecule has 2 aliphatic rings. The van der Waals surface area contributed by atoms with E-state index in [2.05, 4.69) is 26.6 Å². The number of hydrogen-bond donors (Lipinski definition) is 2. The summed E-state index contributed by atoms with van der Waals surface area (Å²) < 4.78 is 0. The lowest BCUT2D eigenvalue weighted by atomic mass is 9.84. The van der Waals surface area contributed by atoms with Gasteiger partial charge >= 0.3 is 0 Å². The Morgan fingerprint density at radius 1 is 1.12 bits per heavy atom. The van der Waals surface area contributed by atoms with E-state index in [0.717, 1.165) is 11.4 Å². The van der Waals surface area contributed by atoms with Gasteiger partial charge in [0.15, 0.2) is 0 Å². The molecule has 2 aromatic rings. The second kappa shape index (κ2) is 5.53. The molecular weight excluding hydrogens is 302 g/mol. The average molecular weight is 319 g/mol. The van der Waals surface area contributed by atoms with Crippen molar-refractivity contribution in [3.63, 3.8) is 0 Å². The van der Waals surface area contributed by atoms with E-state index in [0.29, 0.717) is 37.3 Å². The fraction of sp³-hybridized carbons (Fsp3) is 0.278. The first-order valence-electron chi connectivity index (χ1n) is 8.01. The number of pyridine rings is 1. The molecule has 4 rings (SSSR count). The van der Waals surface area contributed by atoms with Crippen LogP contribution in [0.15, 0.2) is 42.6 Å². The second-order valence-electron chi connectivity index (χ2n) is 6.18. The van der Waals surface area contributed by atoms with Gasteiger partial charge in [0.25, 0.3) is 0 Å². The van der Waals surface area contributed by atoms with Crippen molar-refractivity contribution in [1.29, 1.82) is 5.26 Å². The Morgan fingerprint density at radius 2 is 1.88 bits per heavy atom. The molecule has 1 spiro atoms. The minimum Gasteiger partial charge on any atom is -0.369 e. The predicted molar refractivity (Wildman–Crippen MR) is 91.8 cm³/mol. The Labute approximate surface area is 140 Å². The van der Waals surface area contributed by atoms with Crippen molar-refractivity contribution in [2.24, 2.45) is 0 Å². The summed E-state index contributed by atoms with van der Waals surface area (Å²) in [5.41, 5.74) is 1.76. The van der Waals surface area contributed by atoms with Gasteiger partial charge in [-0.2, -0.15) is 5.26 Å². The first-order chi connectivity index (χ1) is 11.7. The molecule has 0 atom stereocenters. The molecule has 1 aromatic carbocycles. The van der Waals surface area contributed by atoms with E-state index in [1.807, 2.05) is 24.3 Å². The summed E-state index contributed by atoms with van der Waals surface area (Å²) in [6.07, 6.45) is 3.02. The predicted octanol–water partition coefficient (Wildman–Crippen LogP) is 2.36. The maximum atomic E-state index is 12.6. The number of nitriles is 1. The van der Waals surface area contributed by atoms with Crippen molar-refractivity contribution in [3.05, 3.63) is 48.2 Å². The summed E-state index contributed by atoms with van der Waals surface area (Å²) in [6, 6.07) is 13.5. The van der Waals surface area contributed by atoms with Crippen molar-refractivity contribution >= 4 is 23.1 Å². The zero-order valence-electron chi connectivity index (χ0n) is 13.1. The third kappa shape index (κ3) is 2.26. The molecule has 2 N–H and O–H groups in total. The summed E-state index contributed by atoms with van der Waals surface area (Å²) in [7, 11) is 0. The molecule has 0 aliphatic carbocycles. The molecule has 24 heavy (non-hydrogen) atoms. The van der Waals surface area contributed by atoms with Crippen molar-refractivity contribution in [2.45, 2.75) is 18.4 Å². The summed E-state index contributed by atoms with van der Waals surface area (Å²) in [5.74, 6) is 0.717. The van der Waals surface area contributed by atoms with Crippen molar-refractivity contribution in [1.82, 2.24) is 4.98 Å². The van der Waals surface area contributed by atoms with Crippen LogP contribution in [-0.4, -0.2) is 29.5 Å². The third-order valence-electron chi connectivity index (χ3n) is 4.81. The fourth-order valence-electron chi connectivity index (χ4n) is 3.45. The number of carbonyl (C=O) groups is 1. The van der Waals surface area contributed by atoms with Crippen LogP contribution in [-0.2, 0) is 4.79 Å². The first-order valence-corrected chi connectivity index (χ1v) is 8.01. The van der Waals surface area contributed by atoms with Crippen molar-refractivity contribution in [2.75, 3.05) is 28.6 Å². The first kappa shape index (κ1) is 14.5. The van der Waals surface area contributed by atoms with Gasteiger partial charge in [-0.25, -0.2) is 4.98 Å². The minimum absolute atomic E-state index is 0.0161. The lowest BCUT2D eigenvalue weighted by molar-refractivity contribution is -0.121. The van der Waals surface area contributed by atoms with Gasteiger partial charge in [0, 0.05) is 19.3 Å². The summed E-state index contributed by atoms with van der Waals surface area (Å²) in [6.45, 7) is 1.35. The van der Waals surface area contributed by atoms with E-state index in [-0.39, 0.29) is 5.91 Å². The van der Waals surface area contributed by atoms with Gasteiger partial charge in [0.1, 0.15) is 17.4 Å². The minimum atomic E-state index is -0.591. The van der Waals surface area contributed by atoms with Gasteiger partial charge < -0.3 is 15.5 Å². The molecule has 1 fully saturated rings. The lowest BCUT2D eigenvalue weighted by Gasteiger charge is -2.44. The van der Waals surface area contributed by atoms with Crippen LogP contribution < -0.4 is 15.5 Å². The molecule has 120 valence electrons. The summed E-state index contributed by atoms with van der Waals surface area (Å²) in [5, 5.41) is 15.7. The highest BCUT2D eigenvalue weighted by Crippen LogP contribution is 2.37. The molecule has 0 radical (unpaired) electrons. The third-order valence-corrected chi connectivity index (χ3v) is 4.81. The number of nitrogens with one attached hydrogen (secondary N) is 2. The van der Waals surface area contributed by atoms with Gasteiger partial charge in [-0.1, -0.05) is 12.1 Å². The zero-order valence-corrected chi connectivity index (χ0v) is 13.1.